The van der Waals surface area contributed by atoms with E-state index < -0.39 is 0 Å². The minimum Gasteiger partial charge on any atom is -0.370 e. The van der Waals surface area contributed by atoms with Crippen molar-refractivity contribution < 1.29 is 0 Å². The van der Waals surface area contributed by atoms with E-state index in [1.54, 1.807) is 0 Å². The molecule has 0 unspecified atom stereocenters. The Bertz CT molecular complexity index is 372. The number of rotatable bonds is 1. The average molecular weight is 253 g/mol. The second-order valence-electron chi connectivity index (χ2n) is 3.47. The number of nitrogens with one attached hydrogen (secondary N) is 1. The van der Waals surface area contributed by atoms with Crippen molar-refractivity contribution in [2.24, 2.45) is 4.99 Å². The predicted octanol–water partition coefficient (Wildman–Crippen LogP) is 2.50. The molecule has 0 atom stereocenters. The van der Waals surface area contributed by atoms with Crippen molar-refractivity contribution in [3.8, 4) is 0 Å². The Hall–Kier alpha value is -0.830. The number of benzene rings is 1. The summed E-state index contributed by atoms with van der Waals surface area (Å²) in [5, 5.41) is 3.32. The van der Waals surface area contributed by atoms with Crippen molar-refractivity contribution in [3.05, 3.63) is 33.8 Å². The van der Waals surface area contributed by atoms with Gasteiger partial charge in [-0.2, -0.15) is 0 Å². The van der Waals surface area contributed by atoms with Crippen LogP contribution >= 0.6 is 15.9 Å². The normalized spacial score (nSPS) is 16.0. The third kappa shape index (κ3) is 1.98. The summed E-state index contributed by atoms with van der Waals surface area (Å²) in [6, 6.07) is 6.32. The van der Waals surface area contributed by atoms with Crippen molar-refractivity contribution in [1.29, 1.82) is 0 Å². The molecule has 0 aliphatic carbocycles. The molecule has 1 aliphatic rings. The lowest BCUT2D eigenvalue weighted by Gasteiger charge is -2.15. The van der Waals surface area contributed by atoms with E-state index in [1.807, 2.05) is 0 Å². The first-order valence-corrected chi connectivity index (χ1v) is 5.61. The molecule has 0 aromatic heterocycles. The Morgan fingerprint density at radius 2 is 2.29 bits per heavy atom. The van der Waals surface area contributed by atoms with Crippen LogP contribution in [0.15, 0.2) is 27.7 Å². The molecular weight excluding hydrogens is 240 g/mol. The van der Waals surface area contributed by atoms with Crippen molar-refractivity contribution in [3.63, 3.8) is 0 Å². The molecule has 0 radical (unpaired) electrons. The Labute approximate surface area is 92.6 Å². The van der Waals surface area contributed by atoms with E-state index in [9.17, 15) is 0 Å². The average Bonchev–Trinajstić information content (AvgIpc) is 2.23. The fourth-order valence-corrected chi connectivity index (χ4v) is 1.76. The molecule has 0 bridgehead atoms. The molecule has 0 saturated heterocycles. The van der Waals surface area contributed by atoms with Crippen LogP contribution in [-0.4, -0.2) is 18.9 Å². The molecule has 0 spiro atoms. The van der Waals surface area contributed by atoms with Crippen LogP contribution < -0.4 is 5.32 Å². The van der Waals surface area contributed by atoms with Gasteiger partial charge in [-0.3, -0.25) is 4.99 Å². The first kappa shape index (κ1) is 9.71. The zero-order valence-corrected chi connectivity index (χ0v) is 9.76. The Morgan fingerprint density at radius 3 is 2.93 bits per heavy atom. The van der Waals surface area contributed by atoms with Crippen molar-refractivity contribution in [2.45, 2.75) is 13.3 Å². The lowest BCUT2D eigenvalue weighted by Crippen LogP contribution is -2.30. The maximum atomic E-state index is 4.46. The molecule has 0 amide bonds. The molecule has 1 aromatic rings. The fourth-order valence-electron chi connectivity index (χ4n) is 1.52. The SMILES string of the molecule is Cc1cc(C2=NCCCN2)ccc1Br. The zero-order valence-electron chi connectivity index (χ0n) is 8.18. The lowest BCUT2D eigenvalue weighted by molar-refractivity contribution is 0.742. The van der Waals surface area contributed by atoms with Crippen LogP contribution in [-0.2, 0) is 0 Å². The molecule has 0 saturated carbocycles. The van der Waals surface area contributed by atoms with E-state index in [2.05, 4.69) is 51.4 Å². The van der Waals surface area contributed by atoms with Crippen LogP contribution in [0.5, 0.6) is 0 Å². The van der Waals surface area contributed by atoms with Gasteiger partial charge in [0.1, 0.15) is 5.84 Å². The molecule has 14 heavy (non-hydrogen) atoms. The zero-order chi connectivity index (χ0) is 9.97. The molecular formula is C11H13BrN2. The summed E-state index contributed by atoms with van der Waals surface area (Å²) in [6.45, 7) is 4.07. The minimum absolute atomic E-state index is 0.942. The highest BCUT2D eigenvalue weighted by atomic mass is 79.9. The van der Waals surface area contributed by atoms with Crippen LogP contribution in [0.3, 0.4) is 0 Å². The molecule has 74 valence electrons. The summed E-state index contributed by atoms with van der Waals surface area (Å²) in [6.07, 6.45) is 1.14. The van der Waals surface area contributed by atoms with Gasteiger partial charge in [0.05, 0.1) is 0 Å². The molecule has 0 fully saturated rings. The maximum absolute atomic E-state index is 4.46. The van der Waals surface area contributed by atoms with E-state index in [0.29, 0.717) is 0 Å². The Kier molecular flexibility index (Phi) is 2.87. The molecule has 2 rings (SSSR count). The molecule has 1 N–H and O–H groups in total. The van der Waals surface area contributed by atoms with Gasteiger partial charge in [0.15, 0.2) is 0 Å². The second-order valence-corrected chi connectivity index (χ2v) is 4.33. The van der Waals surface area contributed by atoms with Crippen LogP contribution in [0.1, 0.15) is 17.5 Å². The summed E-state index contributed by atoms with van der Waals surface area (Å²) >= 11 is 3.49. The number of aryl methyl sites for hydroxylation is 1. The summed E-state index contributed by atoms with van der Waals surface area (Å²) in [4.78, 5) is 4.46. The minimum atomic E-state index is 0.942. The predicted molar refractivity (Wildman–Crippen MR) is 62.9 cm³/mol. The highest BCUT2D eigenvalue weighted by Crippen LogP contribution is 2.17. The van der Waals surface area contributed by atoms with Crippen LogP contribution in [0.2, 0.25) is 0 Å². The highest BCUT2D eigenvalue weighted by molar-refractivity contribution is 9.10. The van der Waals surface area contributed by atoms with Gasteiger partial charge in [-0.05, 0) is 31.0 Å². The summed E-state index contributed by atoms with van der Waals surface area (Å²) in [7, 11) is 0. The number of aliphatic imine (C=N–C) groups is 1. The monoisotopic (exact) mass is 252 g/mol. The van der Waals surface area contributed by atoms with Crippen molar-refractivity contribution >= 4 is 21.8 Å². The maximum Gasteiger partial charge on any atom is 0.128 e. The Balaban J connectivity index is 2.32. The summed E-state index contributed by atoms with van der Waals surface area (Å²) < 4.78 is 1.15. The number of hydrogen-bond acceptors (Lipinski definition) is 2. The van der Waals surface area contributed by atoms with Crippen LogP contribution in [0.25, 0.3) is 0 Å². The van der Waals surface area contributed by atoms with Gasteiger partial charge in [0.2, 0.25) is 0 Å². The Morgan fingerprint density at radius 1 is 1.43 bits per heavy atom. The van der Waals surface area contributed by atoms with Gasteiger partial charge in [-0.1, -0.05) is 22.0 Å². The van der Waals surface area contributed by atoms with E-state index >= 15 is 0 Å². The van der Waals surface area contributed by atoms with Gasteiger partial charge in [0, 0.05) is 23.1 Å². The van der Waals surface area contributed by atoms with Gasteiger partial charge in [-0.15, -0.1) is 0 Å². The topological polar surface area (TPSA) is 24.4 Å². The standard InChI is InChI=1S/C11H13BrN2/c1-8-7-9(3-4-10(8)12)11-13-5-2-6-14-11/h3-4,7H,2,5-6H2,1H3,(H,13,14). The van der Waals surface area contributed by atoms with Crippen LogP contribution in [0.4, 0.5) is 0 Å². The van der Waals surface area contributed by atoms with Crippen molar-refractivity contribution in [1.82, 2.24) is 5.32 Å². The fraction of sp³-hybridized carbons (Fsp3) is 0.364. The quantitative estimate of drug-likeness (QED) is 0.817. The molecule has 1 heterocycles. The summed E-state index contributed by atoms with van der Waals surface area (Å²) in [5.41, 5.74) is 2.43. The third-order valence-corrected chi connectivity index (χ3v) is 3.22. The molecule has 1 aliphatic heterocycles. The van der Waals surface area contributed by atoms with E-state index in [1.165, 1.54) is 11.1 Å². The first-order valence-electron chi connectivity index (χ1n) is 4.82. The third-order valence-electron chi connectivity index (χ3n) is 2.33. The van der Waals surface area contributed by atoms with Gasteiger partial charge < -0.3 is 5.32 Å². The van der Waals surface area contributed by atoms with Gasteiger partial charge in [-0.25, -0.2) is 0 Å². The first-order chi connectivity index (χ1) is 6.77. The number of amidine groups is 1. The lowest BCUT2D eigenvalue weighted by atomic mass is 10.1. The summed E-state index contributed by atoms with van der Waals surface area (Å²) in [5.74, 6) is 1.03. The molecule has 3 heteroatoms. The van der Waals surface area contributed by atoms with Gasteiger partial charge >= 0.3 is 0 Å². The molecule has 1 aromatic carbocycles. The van der Waals surface area contributed by atoms with Gasteiger partial charge in [0.25, 0.3) is 0 Å². The van der Waals surface area contributed by atoms with E-state index in [-0.39, 0.29) is 0 Å². The number of nitrogens with zero attached hydrogens (tertiary/aromatic N) is 1. The number of halogens is 1. The van der Waals surface area contributed by atoms with Crippen molar-refractivity contribution in [2.75, 3.05) is 13.1 Å². The highest BCUT2D eigenvalue weighted by Gasteiger charge is 2.07. The largest absolute Gasteiger partial charge is 0.370 e. The van der Waals surface area contributed by atoms with Crippen LogP contribution in [0, 0.1) is 6.92 Å². The second kappa shape index (κ2) is 4.13. The molecule has 2 nitrogen and oxygen atoms in total. The smallest absolute Gasteiger partial charge is 0.128 e. The van der Waals surface area contributed by atoms with E-state index in [4.69, 9.17) is 0 Å². The number of hydrogen-bond donors (Lipinski definition) is 1. The van der Waals surface area contributed by atoms with E-state index in [0.717, 1.165) is 29.8 Å².